The number of amides is 2. The maximum atomic E-state index is 12.8. The Kier molecular flexibility index (Phi) is 6.39. The summed E-state index contributed by atoms with van der Waals surface area (Å²) in [6, 6.07) is 15.4. The number of hydrogen-bond acceptors (Lipinski definition) is 5. The number of carbonyl (C=O) groups excluding carboxylic acids is 2. The summed E-state index contributed by atoms with van der Waals surface area (Å²) < 4.78 is 0. The number of nitrogens with one attached hydrogen (secondary N) is 2. The molecular formula is C23H24N4O2S. The molecule has 1 aliphatic heterocycles. The monoisotopic (exact) mass is 420 g/mol. The fourth-order valence-corrected chi connectivity index (χ4v) is 4.28. The van der Waals surface area contributed by atoms with Gasteiger partial charge in [-0.3, -0.25) is 14.6 Å². The van der Waals surface area contributed by atoms with Crippen LogP contribution in [0.25, 0.3) is 0 Å². The number of thiophene rings is 1. The summed E-state index contributed by atoms with van der Waals surface area (Å²) >= 11 is 1.45. The van der Waals surface area contributed by atoms with Gasteiger partial charge < -0.3 is 15.5 Å². The van der Waals surface area contributed by atoms with Crippen molar-refractivity contribution in [3.8, 4) is 0 Å². The van der Waals surface area contributed by atoms with Crippen molar-refractivity contribution in [1.82, 2.24) is 15.6 Å². The molecule has 30 heavy (non-hydrogen) atoms. The van der Waals surface area contributed by atoms with Crippen LogP contribution >= 0.6 is 11.3 Å². The van der Waals surface area contributed by atoms with Crippen LogP contribution in [0.15, 0.2) is 66.3 Å². The summed E-state index contributed by atoms with van der Waals surface area (Å²) in [7, 11) is 0. The molecule has 0 spiro atoms. The zero-order chi connectivity index (χ0) is 20.8. The van der Waals surface area contributed by atoms with E-state index in [0.29, 0.717) is 12.1 Å². The van der Waals surface area contributed by atoms with Crippen molar-refractivity contribution in [1.29, 1.82) is 0 Å². The molecule has 2 amide bonds. The van der Waals surface area contributed by atoms with Crippen LogP contribution in [0.2, 0.25) is 0 Å². The number of anilines is 1. The predicted molar refractivity (Wildman–Crippen MR) is 119 cm³/mol. The third kappa shape index (κ3) is 4.86. The van der Waals surface area contributed by atoms with E-state index in [-0.39, 0.29) is 17.9 Å². The van der Waals surface area contributed by atoms with Crippen LogP contribution in [-0.4, -0.2) is 35.9 Å². The third-order valence-corrected chi connectivity index (χ3v) is 6.11. The van der Waals surface area contributed by atoms with Gasteiger partial charge in [0.25, 0.3) is 11.8 Å². The van der Waals surface area contributed by atoms with Crippen LogP contribution in [0.4, 0.5) is 5.69 Å². The van der Waals surface area contributed by atoms with E-state index >= 15 is 0 Å². The SMILES string of the molecule is O=C(NC1CCN(c2ccccc2C(=O)NCc2cccnc2)CC1)c1cccs1. The Morgan fingerprint density at radius 1 is 1.03 bits per heavy atom. The minimum Gasteiger partial charge on any atom is -0.371 e. The first kappa shape index (κ1) is 20.1. The number of rotatable bonds is 6. The molecule has 0 bridgehead atoms. The van der Waals surface area contributed by atoms with Crippen LogP contribution in [0.5, 0.6) is 0 Å². The van der Waals surface area contributed by atoms with E-state index in [4.69, 9.17) is 0 Å². The topological polar surface area (TPSA) is 74.3 Å². The lowest BCUT2D eigenvalue weighted by molar-refractivity contribution is 0.0933. The Bertz CT molecular complexity index is 983. The molecule has 6 nitrogen and oxygen atoms in total. The van der Waals surface area contributed by atoms with Crippen molar-refractivity contribution >= 4 is 28.8 Å². The number of hydrogen-bond donors (Lipinski definition) is 2. The number of piperidine rings is 1. The van der Waals surface area contributed by atoms with Gasteiger partial charge in [0.2, 0.25) is 0 Å². The molecule has 2 aromatic heterocycles. The summed E-state index contributed by atoms with van der Waals surface area (Å²) in [6.07, 6.45) is 5.17. The van der Waals surface area contributed by atoms with Gasteiger partial charge in [-0.2, -0.15) is 0 Å². The first-order chi connectivity index (χ1) is 14.7. The van der Waals surface area contributed by atoms with Gasteiger partial charge in [0.15, 0.2) is 0 Å². The van der Waals surface area contributed by atoms with Gasteiger partial charge in [-0.15, -0.1) is 11.3 Å². The summed E-state index contributed by atoms with van der Waals surface area (Å²) in [4.78, 5) is 32.1. The van der Waals surface area contributed by atoms with Crippen molar-refractivity contribution in [3.05, 3.63) is 82.3 Å². The summed E-state index contributed by atoms with van der Waals surface area (Å²) in [6.45, 7) is 2.03. The minimum atomic E-state index is -0.0948. The molecule has 4 rings (SSSR count). The maximum absolute atomic E-state index is 12.8. The molecule has 1 aliphatic rings. The molecule has 1 fully saturated rings. The Labute approximate surface area is 180 Å². The van der Waals surface area contributed by atoms with E-state index in [1.54, 1.807) is 12.4 Å². The molecule has 3 heterocycles. The summed E-state index contributed by atoms with van der Waals surface area (Å²) in [5.41, 5.74) is 2.57. The van der Waals surface area contributed by atoms with E-state index in [0.717, 1.165) is 42.1 Å². The number of carbonyl (C=O) groups is 2. The molecule has 0 radical (unpaired) electrons. The summed E-state index contributed by atoms with van der Waals surface area (Å²) in [5, 5.41) is 8.02. The number of para-hydroxylation sites is 1. The molecule has 1 aromatic carbocycles. The molecule has 154 valence electrons. The molecule has 0 saturated carbocycles. The highest BCUT2D eigenvalue weighted by molar-refractivity contribution is 7.12. The highest BCUT2D eigenvalue weighted by Gasteiger charge is 2.24. The van der Waals surface area contributed by atoms with Crippen LogP contribution in [0.1, 0.15) is 38.4 Å². The van der Waals surface area contributed by atoms with Gasteiger partial charge in [-0.25, -0.2) is 0 Å². The van der Waals surface area contributed by atoms with E-state index in [1.165, 1.54) is 11.3 Å². The van der Waals surface area contributed by atoms with Crippen LogP contribution in [-0.2, 0) is 6.54 Å². The molecule has 0 unspecified atom stereocenters. The normalized spacial score (nSPS) is 14.3. The first-order valence-corrected chi connectivity index (χ1v) is 10.9. The smallest absolute Gasteiger partial charge is 0.261 e. The molecule has 7 heteroatoms. The minimum absolute atomic E-state index is 0.00127. The Balaban J connectivity index is 1.36. The average Bonchev–Trinajstić information content (AvgIpc) is 3.34. The number of aromatic nitrogens is 1. The standard InChI is InChI=1S/C23H24N4O2S/c28-22(25-16-17-5-3-11-24-15-17)19-6-1-2-7-20(19)27-12-9-18(10-13-27)26-23(29)21-8-4-14-30-21/h1-8,11,14-15,18H,9-10,12-13,16H2,(H,25,28)(H,26,29). The maximum Gasteiger partial charge on any atom is 0.261 e. The molecule has 2 N–H and O–H groups in total. The Morgan fingerprint density at radius 3 is 2.60 bits per heavy atom. The van der Waals surface area contributed by atoms with E-state index < -0.39 is 0 Å². The number of benzene rings is 1. The van der Waals surface area contributed by atoms with Gasteiger partial charge in [-0.05, 0) is 48.1 Å². The lowest BCUT2D eigenvalue weighted by atomic mass is 10.0. The lowest BCUT2D eigenvalue weighted by Gasteiger charge is -2.34. The second-order valence-corrected chi connectivity index (χ2v) is 8.22. The van der Waals surface area contributed by atoms with Gasteiger partial charge >= 0.3 is 0 Å². The van der Waals surface area contributed by atoms with Crippen molar-refractivity contribution < 1.29 is 9.59 Å². The highest BCUT2D eigenvalue weighted by atomic mass is 32.1. The largest absolute Gasteiger partial charge is 0.371 e. The van der Waals surface area contributed by atoms with E-state index in [2.05, 4.69) is 20.5 Å². The van der Waals surface area contributed by atoms with Crippen LogP contribution < -0.4 is 15.5 Å². The van der Waals surface area contributed by atoms with E-state index in [9.17, 15) is 9.59 Å². The molecule has 3 aromatic rings. The number of pyridine rings is 1. The van der Waals surface area contributed by atoms with Crippen molar-refractivity contribution in [2.45, 2.75) is 25.4 Å². The molecule has 0 atom stereocenters. The zero-order valence-corrected chi connectivity index (χ0v) is 17.4. The van der Waals surface area contributed by atoms with E-state index in [1.807, 2.05) is 53.9 Å². The fraction of sp³-hybridized carbons (Fsp3) is 0.261. The first-order valence-electron chi connectivity index (χ1n) is 10.1. The quantitative estimate of drug-likeness (QED) is 0.640. The lowest BCUT2D eigenvalue weighted by Crippen LogP contribution is -2.45. The average molecular weight is 421 g/mol. The molecule has 1 saturated heterocycles. The van der Waals surface area contributed by atoms with Crippen LogP contribution in [0, 0.1) is 0 Å². The fourth-order valence-electron chi connectivity index (χ4n) is 3.65. The van der Waals surface area contributed by atoms with Gasteiger partial charge in [0, 0.05) is 43.8 Å². The van der Waals surface area contributed by atoms with Crippen LogP contribution in [0.3, 0.4) is 0 Å². The number of nitrogens with zero attached hydrogens (tertiary/aromatic N) is 2. The third-order valence-electron chi connectivity index (χ3n) is 5.24. The Hall–Kier alpha value is -3.19. The molecule has 0 aliphatic carbocycles. The van der Waals surface area contributed by atoms with Gasteiger partial charge in [0.05, 0.1) is 10.4 Å². The highest BCUT2D eigenvalue weighted by Crippen LogP contribution is 2.24. The predicted octanol–water partition coefficient (Wildman–Crippen LogP) is 3.47. The molecular weight excluding hydrogens is 396 g/mol. The van der Waals surface area contributed by atoms with Crippen molar-refractivity contribution in [2.24, 2.45) is 0 Å². The second-order valence-electron chi connectivity index (χ2n) is 7.27. The van der Waals surface area contributed by atoms with Gasteiger partial charge in [0.1, 0.15) is 0 Å². The van der Waals surface area contributed by atoms with Crippen molar-refractivity contribution in [3.63, 3.8) is 0 Å². The second kappa shape index (κ2) is 9.54. The zero-order valence-electron chi connectivity index (χ0n) is 16.6. The van der Waals surface area contributed by atoms with Crippen molar-refractivity contribution in [2.75, 3.05) is 18.0 Å². The summed E-state index contributed by atoms with van der Waals surface area (Å²) in [5.74, 6) is -0.0961. The Morgan fingerprint density at radius 2 is 1.87 bits per heavy atom. The van der Waals surface area contributed by atoms with Gasteiger partial charge in [-0.1, -0.05) is 24.3 Å².